The molecule has 2 atom stereocenters. The van der Waals surface area contributed by atoms with E-state index >= 15 is 0 Å². The smallest absolute Gasteiger partial charge is 0.408 e. The SMILES string of the molecule is CC(C)C[C@H](NC(=O)OC(C)(C)C)C(=O)C(F)C(=O)O. The molecular formula is C13H22FNO5. The quantitative estimate of drug-likeness (QED) is 0.729. The van der Waals surface area contributed by atoms with E-state index in [0.717, 1.165) is 0 Å². The van der Waals surface area contributed by atoms with E-state index in [1.54, 1.807) is 34.6 Å². The van der Waals surface area contributed by atoms with E-state index in [1.807, 2.05) is 0 Å². The fourth-order valence-corrected chi connectivity index (χ4v) is 1.47. The minimum atomic E-state index is -2.66. The van der Waals surface area contributed by atoms with Crippen LogP contribution in [0, 0.1) is 5.92 Å². The Morgan fingerprint density at radius 3 is 2.10 bits per heavy atom. The molecule has 0 aromatic rings. The second-order valence-corrected chi connectivity index (χ2v) is 5.93. The number of alkyl carbamates (subject to hydrolysis) is 1. The first kappa shape index (κ1) is 18.3. The van der Waals surface area contributed by atoms with Crippen LogP contribution in [0.1, 0.15) is 41.0 Å². The first-order valence-corrected chi connectivity index (χ1v) is 6.34. The van der Waals surface area contributed by atoms with Crippen LogP contribution in [-0.2, 0) is 14.3 Å². The molecule has 0 spiro atoms. The number of aliphatic carboxylic acids is 1. The molecule has 0 aromatic heterocycles. The summed E-state index contributed by atoms with van der Waals surface area (Å²) in [5.41, 5.74) is -0.766. The zero-order chi connectivity index (χ0) is 16.1. The molecule has 0 fully saturated rings. The molecule has 0 radical (unpaired) electrons. The Bertz CT molecular complexity index is 375. The Hall–Kier alpha value is -1.66. The molecule has 0 saturated heterocycles. The largest absolute Gasteiger partial charge is 0.479 e. The van der Waals surface area contributed by atoms with E-state index in [0.29, 0.717) is 0 Å². The third-order valence-electron chi connectivity index (χ3n) is 2.21. The normalized spacial score (nSPS) is 14.6. The highest BCUT2D eigenvalue weighted by atomic mass is 19.1. The molecular weight excluding hydrogens is 269 g/mol. The molecule has 0 aromatic carbocycles. The number of hydrogen-bond donors (Lipinski definition) is 2. The van der Waals surface area contributed by atoms with Crippen molar-refractivity contribution in [1.29, 1.82) is 0 Å². The summed E-state index contributed by atoms with van der Waals surface area (Å²) in [4.78, 5) is 33.8. The second-order valence-electron chi connectivity index (χ2n) is 5.93. The fraction of sp³-hybridized carbons (Fsp3) is 0.769. The Balaban J connectivity index is 4.85. The molecule has 0 saturated carbocycles. The average molecular weight is 291 g/mol. The molecule has 6 nitrogen and oxygen atoms in total. The predicted molar refractivity (Wildman–Crippen MR) is 70.2 cm³/mol. The summed E-state index contributed by atoms with van der Waals surface area (Å²) in [6.07, 6.45) is -3.41. The maximum atomic E-state index is 13.3. The number of hydrogen-bond acceptors (Lipinski definition) is 4. The predicted octanol–water partition coefficient (Wildman–Crippen LogP) is 1.92. The number of amides is 1. The van der Waals surface area contributed by atoms with Gasteiger partial charge in [0.05, 0.1) is 6.04 Å². The standard InChI is InChI=1S/C13H22FNO5/c1-7(2)6-8(10(16)9(14)11(17)18)15-12(19)20-13(3,4)5/h7-9H,6H2,1-5H3,(H,15,19)(H,17,18)/t8-,9?/m0/s1. The first-order valence-electron chi connectivity index (χ1n) is 6.34. The molecule has 1 amide bonds. The number of ether oxygens (including phenoxy) is 1. The lowest BCUT2D eigenvalue weighted by molar-refractivity contribution is -0.148. The maximum absolute atomic E-state index is 13.3. The van der Waals surface area contributed by atoms with E-state index in [1.165, 1.54) is 0 Å². The summed E-state index contributed by atoms with van der Waals surface area (Å²) in [6.45, 7) is 8.46. The van der Waals surface area contributed by atoms with Crippen molar-refractivity contribution in [2.24, 2.45) is 5.92 Å². The van der Waals surface area contributed by atoms with Crippen LogP contribution in [-0.4, -0.2) is 40.8 Å². The molecule has 1 unspecified atom stereocenters. The summed E-state index contributed by atoms with van der Waals surface area (Å²) in [5.74, 6) is -3.08. The van der Waals surface area contributed by atoms with Crippen molar-refractivity contribution in [2.75, 3.05) is 0 Å². The molecule has 0 rings (SSSR count). The van der Waals surface area contributed by atoms with Crippen molar-refractivity contribution in [2.45, 2.75) is 58.9 Å². The van der Waals surface area contributed by atoms with Gasteiger partial charge in [0.1, 0.15) is 5.60 Å². The van der Waals surface area contributed by atoms with Crippen LogP contribution in [0.4, 0.5) is 9.18 Å². The average Bonchev–Trinajstić information content (AvgIpc) is 2.22. The lowest BCUT2D eigenvalue weighted by atomic mass is 9.98. The highest BCUT2D eigenvalue weighted by Crippen LogP contribution is 2.12. The molecule has 2 N–H and O–H groups in total. The Morgan fingerprint density at radius 2 is 1.75 bits per heavy atom. The van der Waals surface area contributed by atoms with Gasteiger partial charge in [0.15, 0.2) is 0 Å². The van der Waals surface area contributed by atoms with E-state index in [4.69, 9.17) is 9.84 Å². The van der Waals surface area contributed by atoms with Crippen molar-refractivity contribution in [1.82, 2.24) is 5.32 Å². The fourth-order valence-electron chi connectivity index (χ4n) is 1.47. The van der Waals surface area contributed by atoms with Gasteiger partial charge in [0, 0.05) is 0 Å². The maximum Gasteiger partial charge on any atom is 0.408 e. The van der Waals surface area contributed by atoms with Crippen LogP contribution < -0.4 is 5.32 Å². The van der Waals surface area contributed by atoms with Crippen LogP contribution in [0.25, 0.3) is 0 Å². The van der Waals surface area contributed by atoms with E-state index in [-0.39, 0.29) is 12.3 Å². The molecule has 20 heavy (non-hydrogen) atoms. The molecule has 0 aliphatic rings. The number of alkyl halides is 1. The van der Waals surface area contributed by atoms with Crippen molar-refractivity contribution < 1.29 is 28.6 Å². The Morgan fingerprint density at radius 1 is 1.25 bits per heavy atom. The van der Waals surface area contributed by atoms with Crippen LogP contribution in [0.2, 0.25) is 0 Å². The van der Waals surface area contributed by atoms with E-state index < -0.39 is 35.7 Å². The van der Waals surface area contributed by atoms with Gasteiger partial charge in [-0.2, -0.15) is 0 Å². The van der Waals surface area contributed by atoms with Gasteiger partial charge in [0.25, 0.3) is 6.17 Å². The number of ketones is 1. The van der Waals surface area contributed by atoms with Crippen LogP contribution in [0.3, 0.4) is 0 Å². The minimum Gasteiger partial charge on any atom is -0.479 e. The molecule has 0 aliphatic carbocycles. The molecule has 116 valence electrons. The van der Waals surface area contributed by atoms with Crippen molar-refractivity contribution in [3.63, 3.8) is 0 Å². The van der Waals surface area contributed by atoms with Gasteiger partial charge in [-0.15, -0.1) is 0 Å². The zero-order valence-electron chi connectivity index (χ0n) is 12.4. The van der Waals surface area contributed by atoms with E-state index in [2.05, 4.69) is 5.32 Å². The number of carboxylic acids is 1. The van der Waals surface area contributed by atoms with Crippen LogP contribution in [0.15, 0.2) is 0 Å². The monoisotopic (exact) mass is 291 g/mol. The zero-order valence-corrected chi connectivity index (χ0v) is 12.4. The lowest BCUT2D eigenvalue weighted by Crippen LogP contribution is -2.48. The van der Waals surface area contributed by atoms with Gasteiger partial charge >= 0.3 is 12.1 Å². The highest BCUT2D eigenvalue weighted by molar-refractivity contribution is 6.04. The molecule has 0 aliphatic heterocycles. The van der Waals surface area contributed by atoms with Gasteiger partial charge < -0.3 is 15.2 Å². The van der Waals surface area contributed by atoms with Gasteiger partial charge in [-0.25, -0.2) is 14.0 Å². The second kappa shape index (κ2) is 7.21. The summed E-state index contributed by atoms with van der Waals surface area (Å²) in [6, 6.07) is -1.23. The van der Waals surface area contributed by atoms with Crippen molar-refractivity contribution in [3.8, 4) is 0 Å². The van der Waals surface area contributed by atoms with E-state index in [9.17, 15) is 18.8 Å². The van der Waals surface area contributed by atoms with Crippen molar-refractivity contribution >= 4 is 17.8 Å². The van der Waals surface area contributed by atoms with Crippen LogP contribution >= 0.6 is 0 Å². The van der Waals surface area contributed by atoms with Crippen molar-refractivity contribution in [3.05, 3.63) is 0 Å². The molecule has 7 heteroatoms. The van der Waals surface area contributed by atoms with Gasteiger partial charge in [0.2, 0.25) is 5.78 Å². The number of halogens is 1. The van der Waals surface area contributed by atoms with Crippen LogP contribution in [0.5, 0.6) is 0 Å². The number of Topliss-reactive ketones (excluding diaryl/α,β-unsaturated/α-hetero) is 1. The molecule has 0 heterocycles. The highest BCUT2D eigenvalue weighted by Gasteiger charge is 2.34. The van der Waals surface area contributed by atoms with Gasteiger partial charge in [-0.05, 0) is 33.1 Å². The summed E-state index contributed by atoms with van der Waals surface area (Å²) in [7, 11) is 0. The topological polar surface area (TPSA) is 92.7 Å². The number of carbonyl (C=O) groups is 3. The minimum absolute atomic E-state index is 0.0279. The third-order valence-corrected chi connectivity index (χ3v) is 2.21. The summed E-state index contributed by atoms with van der Waals surface area (Å²) < 4.78 is 18.2. The van der Waals surface area contributed by atoms with Gasteiger partial charge in [-0.1, -0.05) is 13.8 Å². The first-order chi connectivity index (χ1) is 8.94. The Labute approximate surface area is 117 Å². The number of nitrogens with one attached hydrogen (secondary N) is 1. The number of rotatable bonds is 6. The lowest BCUT2D eigenvalue weighted by Gasteiger charge is -2.24. The number of carbonyl (C=O) groups excluding carboxylic acids is 2. The van der Waals surface area contributed by atoms with Gasteiger partial charge in [-0.3, -0.25) is 4.79 Å². The summed E-state index contributed by atoms with van der Waals surface area (Å²) in [5, 5.41) is 10.7. The Kier molecular flexibility index (Phi) is 6.61. The molecule has 0 bridgehead atoms. The number of carboxylic acid groups (broad SMARTS) is 1. The third kappa shape index (κ3) is 7.06. The summed E-state index contributed by atoms with van der Waals surface area (Å²) >= 11 is 0.